The molecule has 1 N–H and O–H groups in total. The lowest BCUT2D eigenvalue weighted by atomic mass is 9.82. The monoisotopic (exact) mass is 505 g/mol. The molecule has 0 radical (unpaired) electrons. The van der Waals surface area contributed by atoms with Crippen LogP contribution in [0.2, 0.25) is 5.02 Å². The van der Waals surface area contributed by atoms with E-state index < -0.39 is 34.1 Å². The Labute approximate surface area is 199 Å². The molecule has 2 aromatic heterocycles. The maximum absolute atomic E-state index is 13.5. The van der Waals surface area contributed by atoms with Crippen molar-refractivity contribution in [2.75, 3.05) is 0 Å². The summed E-state index contributed by atoms with van der Waals surface area (Å²) >= 11 is 6.88. The number of hydrogen-bond donors (Lipinski definition) is 1. The molecule has 174 valence electrons. The Hall–Kier alpha value is -3.17. The van der Waals surface area contributed by atoms with Crippen molar-refractivity contribution >= 4 is 34.3 Å². The summed E-state index contributed by atoms with van der Waals surface area (Å²) in [6, 6.07) is 11.1. The van der Waals surface area contributed by atoms with Gasteiger partial charge < -0.3 is 9.52 Å². The van der Waals surface area contributed by atoms with Crippen LogP contribution in [-0.4, -0.2) is 9.67 Å². The average Bonchev–Trinajstić information content (AvgIpc) is 2.97. The van der Waals surface area contributed by atoms with Gasteiger partial charge in [-0.25, -0.2) is 4.79 Å². The van der Waals surface area contributed by atoms with Crippen LogP contribution in [0.4, 0.5) is 13.2 Å². The average molecular weight is 506 g/mol. The molecule has 4 aromatic rings. The van der Waals surface area contributed by atoms with Crippen molar-refractivity contribution in [2.45, 2.75) is 35.2 Å². The molecule has 0 saturated carbocycles. The third-order valence-corrected chi connectivity index (χ3v) is 7.20. The van der Waals surface area contributed by atoms with E-state index in [4.69, 9.17) is 16.0 Å². The number of fused-ring (bicyclic) bond motifs is 4. The molecule has 5 rings (SSSR count). The standard InChI is InChI=1S/C24H15ClF3NO4S/c1-23(2)14-8-11(24(26,27)28)6-7-15(14)29-17(23)10-16-18(21(29)31)19(30)20(22(32)33-16)34-13-5-3-4-12(25)9-13/h3-10,30H,1-2H3. The fourth-order valence-corrected chi connectivity index (χ4v) is 5.37. The first-order valence-corrected chi connectivity index (χ1v) is 11.2. The first-order chi connectivity index (χ1) is 15.9. The normalized spacial score (nSPS) is 14.3. The molecule has 0 unspecified atom stereocenters. The molecule has 0 fully saturated rings. The number of aromatic hydroxyl groups is 1. The Morgan fingerprint density at radius 1 is 1.09 bits per heavy atom. The molecule has 1 aliphatic heterocycles. The van der Waals surface area contributed by atoms with Crippen molar-refractivity contribution in [3.05, 3.63) is 91.1 Å². The van der Waals surface area contributed by atoms with Crippen molar-refractivity contribution in [3.8, 4) is 11.4 Å². The lowest BCUT2D eigenvalue weighted by molar-refractivity contribution is -0.137. The predicted octanol–water partition coefficient (Wildman–Crippen LogP) is 6.11. The van der Waals surface area contributed by atoms with Crippen molar-refractivity contribution in [2.24, 2.45) is 0 Å². The number of halogens is 4. The highest BCUT2D eigenvalue weighted by molar-refractivity contribution is 7.99. The molecule has 5 nitrogen and oxygen atoms in total. The maximum atomic E-state index is 13.5. The van der Waals surface area contributed by atoms with Gasteiger partial charge in [0.15, 0.2) is 5.75 Å². The first-order valence-electron chi connectivity index (χ1n) is 10.0. The van der Waals surface area contributed by atoms with Gasteiger partial charge in [-0.3, -0.25) is 9.36 Å². The minimum atomic E-state index is -4.55. The summed E-state index contributed by atoms with van der Waals surface area (Å²) < 4.78 is 46.6. The van der Waals surface area contributed by atoms with Crippen LogP contribution in [0.15, 0.2) is 72.3 Å². The van der Waals surface area contributed by atoms with Crippen LogP contribution in [0, 0.1) is 0 Å². The van der Waals surface area contributed by atoms with E-state index in [0.29, 0.717) is 21.2 Å². The third-order valence-electron chi connectivity index (χ3n) is 5.91. The van der Waals surface area contributed by atoms with Crippen molar-refractivity contribution < 1.29 is 22.7 Å². The van der Waals surface area contributed by atoms with E-state index in [2.05, 4.69) is 0 Å². The Morgan fingerprint density at radius 2 is 1.82 bits per heavy atom. The molecule has 0 spiro atoms. The molecule has 0 aliphatic carbocycles. The summed E-state index contributed by atoms with van der Waals surface area (Å²) in [4.78, 5) is 26.6. The van der Waals surface area contributed by atoms with Gasteiger partial charge in [0.2, 0.25) is 0 Å². The zero-order valence-electron chi connectivity index (χ0n) is 17.7. The number of alkyl halides is 3. The molecule has 10 heteroatoms. The van der Waals surface area contributed by atoms with Crippen LogP contribution in [-0.2, 0) is 11.6 Å². The number of nitrogens with zero attached hydrogens (tertiary/aromatic N) is 1. The summed E-state index contributed by atoms with van der Waals surface area (Å²) in [5, 5.41) is 11.1. The van der Waals surface area contributed by atoms with E-state index >= 15 is 0 Å². The van der Waals surface area contributed by atoms with Crippen LogP contribution in [0.3, 0.4) is 0 Å². The second-order valence-electron chi connectivity index (χ2n) is 8.39. The first kappa shape index (κ1) is 22.6. The molecule has 0 bridgehead atoms. The van der Waals surface area contributed by atoms with Gasteiger partial charge in [-0.2, -0.15) is 13.2 Å². The second-order valence-corrected chi connectivity index (χ2v) is 9.91. The predicted molar refractivity (Wildman–Crippen MR) is 122 cm³/mol. The van der Waals surface area contributed by atoms with Crippen molar-refractivity contribution in [1.82, 2.24) is 4.57 Å². The minimum Gasteiger partial charge on any atom is -0.505 e. The number of rotatable bonds is 2. The van der Waals surface area contributed by atoms with Gasteiger partial charge in [-0.1, -0.05) is 43.3 Å². The minimum absolute atomic E-state index is 0.147. The lowest BCUT2D eigenvalue weighted by Gasteiger charge is -2.21. The maximum Gasteiger partial charge on any atom is 0.416 e. The van der Waals surface area contributed by atoms with Gasteiger partial charge in [0.25, 0.3) is 5.56 Å². The molecule has 0 saturated heterocycles. The highest BCUT2D eigenvalue weighted by Crippen LogP contribution is 2.45. The summed E-state index contributed by atoms with van der Waals surface area (Å²) in [6.45, 7) is 3.36. The summed E-state index contributed by atoms with van der Waals surface area (Å²) in [5.74, 6) is -0.560. The number of pyridine rings is 1. The van der Waals surface area contributed by atoms with Crippen molar-refractivity contribution in [3.63, 3.8) is 0 Å². The highest BCUT2D eigenvalue weighted by Gasteiger charge is 2.41. The molecule has 0 amide bonds. The van der Waals surface area contributed by atoms with Crippen LogP contribution in [0.5, 0.6) is 5.75 Å². The molecule has 0 atom stereocenters. The van der Waals surface area contributed by atoms with Crippen LogP contribution in [0.1, 0.15) is 30.7 Å². The van der Waals surface area contributed by atoms with E-state index in [-0.39, 0.29) is 21.6 Å². The molecule has 34 heavy (non-hydrogen) atoms. The Kier molecular flexibility index (Phi) is 4.93. The summed E-state index contributed by atoms with van der Waals surface area (Å²) in [6.07, 6.45) is -4.55. The molecular formula is C24H15ClF3NO4S. The molecular weight excluding hydrogens is 491 g/mol. The van der Waals surface area contributed by atoms with E-state index in [9.17, 15) is 27.9 Å². The van der Waals surface area contributed by atoms with Gasteiger partial charge in [0.05, 0.1) is 11.3 Å². The number of hydrogen-bond acceptors (Lipinski definition) is 5. The van der Waals surface area contributed by atoms with E-state index in [1.807, 2.05) is 0 Å². The number of aromatic nitrogens is 1. The van der Waals surface area contributed by atoms with Crippen LogP contribution >= 0.6 is 23.4 Å². The van der Waals surface area contributed by atoms with Crippen LogP contribution in [0.25, 0.3) is 16.7 Å². The zero-order valence-corrected chi connectivity index (χ0v) is 19.2. The van der Waals surface area contributed by atoms with Gasteiger partial charge >= 0.3 is 11.8 Å². The molecule has 3 heterocycles. The fourth-order valence-electron chi connectivity index (χ4n) is 4.23. The van der Waals surface area contributed by atoms with E-state index in [0.717, 1.165) is 23.9 Å². The summed E-state index contributed by atoms with van der Waals surface area (Å²) in [7, 11) is 0. The van der Waals surface area contributed by atoms with Crippen molar-refractivity contribution in [1.29, 1.82) is 0 Å². The highest BCUT2D eigenvalue weighted by atomic mass is 35.5. The molecule has 2 aromatic carbocycles. The Bertz CT molecular complexity index is 1620. The second kappa shape index (κ2) is 7.41. The topological polar surface area (TPSA) is 72.4 Å². The SMILES string of the molecule is CC1(C)c2cc(C(F)(F)F)ccc2-n2c1cc1oc(=O)c(Sc3cccc(Cl)c3)c(O)c1c2=O. The van der Waals surface area contributed by atoms with Crippen LogP contribution < -0.4 is 11.2 Å². The van der Waals surface area contributed by atoms with Gasteiger partial charge in [-0.05, 0) is 42.0 Å². The van der Waals surface area contributed by atoms with Gasteiger partial charge in [0, 0.05) is 27.1 Å². The Morgan fingerprint density at radius 3 is 2.50 bits per heavy atom. The lowest BCUT2D eigenvalue weighted by Crippen LogP contribution is -2.24. The zero-order chi connectivity index (χ0) is 24.6. The largest absolute Gasteiger partial charge is 0.505 e. The van der Waals surface area contributed by atoms with E-state index in [1.54, 1.807) is 38.1 Å². The smallest absolute Gasteiger partial charge is 0.416 e. The third kappa shape index (κ3) is 3.33. The fraction of sp³-hybridized carbons (Fsp3) is 0.167. The number of benzene rings is 2. The summed E-state index contributed by atoms with van der Waals surface area (Å²) in [5.41, 5.74) is -2.62. The van der Waals surface area contributed by atoms with Gasteiger partial charge in [0.1, 0.15) is 15.9 Å². The molecule has 1 aliphatic rings. The Balaban J connectivity index is 1.77. The van der Waals surface area contributed by atoms with Gasteiger partial charge in [-0.15, -0.1) is 0 Å². The van der Waals surface area contributed by atoms with E-state index in [1.165, 1.54) is 16.7 Å². The quantitative estimate of drug-likeness (QED) is 0.356.